The van der Waals surface area contributed by atoms with E-state index >= 15 is 0 Å². The maximum Gasteiger partial charge on any atom is 0.418 e. The van der Waals surface area contributed by atoms with Gasteiger partial charge in [0, 0.05) is 37.9 Å². The molecule has 1 saturated heterocycles. The van der Waals surface area contributed by atoms with Crippen LogP contribution in [0.5, 0.6) is 0 Å². The van der Waals surface area contributed by atoms with E-state index in [4.69, 9.17) is 0 Å². The standard InChI is InChI=1S/C14H20F3N3/c1-19-7-8-20(2)11(10-19)9-18-13-6-4-3-5-12(13)14(15,16)17/h3-6,11,18H,7-10H2,1-2H3. The Kier molecular flexibility index (Phi) is 4.55. The van der Waals surface area contributed by atoms with E-state index in [9.17, 15) is 13.2 Å². The Balaban J connectivity index is 2.04. The highest BCUT2D eigenvalue weighted by Crippen LogP contribution is 2.34. The van der Waals surface area contributed by atoms with Crippen LogP contribution >= 0.6 is 0 Å². The zero-order valence-electron chi connectivity index (χ0n) is 11.7. The molecule has 1 aromatic carbocycles. The highest BCUT2D eigenvalue weighted by Gasteiger charge is 2.33. The second kappa shape index (κ2) is 6.01. The molecule has 0 bridgehead atoms. The number of para-hydroxylation sites is 1. The Morgan fingerprint density at radius 2 is 1.90 bits per heavy atom. The maximum absolute atomic E-state index is 12.9. The molecule has 1 atom stereocenters. The Morgan fingerprint density at radius 3 is 2.60 bits per heavy atom. The molecule has 1 N–H and O–H groups in total. The van der Waals surface area contributed by atoms with Gasteiger partial charge in [-0.05, 0) is 26.2 Å². The van der Waals surface area contributed by atoms with Crippen LogP contribution in [0.3, 0.4) is 0 Å². The van der Waals surface area contributed by atoms with Gasteiger partial charge in [-0.15, -0.1) is 0 Å². The van der Waals surface area contributed by atoms with Gasteiger partial charge in [0.05, 0.1) is 5.56 Å². The second-order valence-corrected chi connectivity index (χ2v) is 5.32. The highest BCUT2D eigenvalue weighted by atomic mass is 19.4. The minimum atomic E-state index is -4.32. The predicted molar refractivity (Wildman–Crippen MR) is 73.8 cm³/mol. The van der Waals surface area contributed by atoms with Gasteiger partial charge in [0.1, 0.15) is 0 Å². The van der Waals surface area contributed by atoms with Crippen LogP contribution in [0.2, 0.25) is 0 Å². The van der Waals surface area contributed by atoms with Crippen molar-refractivity contribution < 1.29 is 13.2 Å². The minimum absolute atomic E-state index is 0.154. The number of alkyl halides is 3. The Labute approximate surface area is 117 Å². The largest absolute Gasteiger partial charge is 0.418 e. The number of hydrogen-bond donors (Lipinski definition) is 1. The normalized spacial score (nSPS) is 21.9. The van der Waals surface area contributed by atoms with Gasteiger partial charge in [-0.1, -0.05) is 12.1 Å². The SMILES string of the molecule is CN1CCN(C)C(CNc2ccccc2C(F)(F)F)C1. The topological polar surface area (TPSA) is 18.5 Å². The van der Waals surface area contributed by atoms with Gasteiger partial charge in [0.2, 0.25) is 0 Å². The van der Waals surface area contributed by atoms with Crippen LogP contribution in [-0.2, 0) is 6.18 Å². The molecular weight excluding hydrogens is 267 g/mol. The molecule has 1 aliphatic rings. The number of anilines is 1. The summed E-state index contributed by atoms with van der Waals surface area (Å²) in [6.45, 7) is 3.29. The van der Waals surface area contributed by atoms with Crippen LogP contribution < -0.4 is 5.32 Å². The summed E-state index contributed by atoms with van der Waals surface area (Å²) >= 11 is 0. The molecule has 0 saturated carbocycles. The van der Waals surface area contributed by atoms with E-state index in [1.54, 1.807) is 6.07 Å². The average Bonchev–Trinajstić information content (AvgIpc) is 2.39. The minimum Gasteiger partial charge on any atom is -0.383 e. The van der Waals surface area contributed by atoms with Gasteiger partial charge in [-0.2, -0.15) is 13.2 Å². The quantitative estimate of drug-likeness (QED) is 0.921. The monoisotopic (exact) mass is 287 g/mol. The molecule has 1 fully saturated rings. The van der Waals surface area contributed by atoms with Crippen LogP contribution in [0.25, 0.3) is 0 Å². The fourth-order valence-corrected chi connectivity index (χ4v) is 2.43. The third-order valence-corrected chi connectivity index (χ3v) is 3.74. The molecule has 1 aliphatic heterocycles. The summed E-state index contributed by atoms with van der Waals surface area (Å²) in [5.74, 6) is 0. The van der Waals surface area contributed by atoms with Crippen molar-refractivity contribution in [2.45, 2.75) is 12.2 Å². The summed E-state index contributed by atoms with van der Waals surface area (Å²) in [5.41, 5.74) is -0.451. The van der Waals surface area contributed by atoms with Crippen LogP contribution in [-0.4, -0.2) is 56.1 Å². The first-order valence-corrected chi connectivity index (χ1v) is 6.67. The van der Waals surface area contributed by atoms with E-state index in [-0.39, 0.29) is 11.7 Å². The fraction of sp³-hybridized carbons (Fsp3) is 0.571. The first-order chi connectivity index (χ1) is 9.38. The van der Waals surface area contributed by atoms with Crippen LogP contribution in [0.4, 0.5) is 18.9 Å². The number of likely N-dealkylation sites (N-methyl/N-ethyl adjacent to an activating group) is 2. The zero-order chi connectivity index (χ0) is 14.8. The first-order valence-electron chi connectivity index (χ1n) is 6.67. The molecule has 1 unspecified atom stereocenters. The lowest BCUT2D eigenvalue weighted by molar-refractivity contribution is -0.137. The van der Waals surface area contributed by atoms with Gasteiger partial charge >= 0.3 is 6.18 Å². The van der Waals surface area contributed by atoms with Gasteiger partial charge < -0.3 is 10.2 Å². The van der Waals surface area contributed by atoms with E-state index < -0.39 is 11.7 Å². The molecule has 0 spiro atoms. The summed E-state index contributed by atoms with van der Waals surface area (Å²) < 4.78 is 38.7. The predicted octanol–water partition coefficient (Wildman–Crippen LogP) is 2.36. The molecule has 3 nitrogen and oxygen atoms in total. The number of hydrogen-bond acceptors (Lipinski definition) is 3. The zero-order valence-corrected chi connectivity index (χ0v) is 11.7. The lowest BCUT2D eigenvalue weighted by atomic mass is 10.1. The number of nitrogens with one attached hydrogen (secondary N) is 1. The van der Waals surface area contributed by atoms with Crippen molar-refractivity contribution in [3.63, 3.8) is 0 Å². The smallest absolute Gasteiger partial charge is 0.383 e. The third-order valence-electron chi connectivity index (χ3n) is 3.74. The van der Waals surface area contributed by atoms with Crippen LogP contribution in [0.15, 0.2) is 24.3 Å². The number of benzene rings is 1. The molecule has 6 heteroatoms. The highest BCUT2D eigenvalue weighted by molar-refractivity contribution is 5.52. The van der Waals surface area contributed by atoms with Crippen molar-refractivity contribution in [1.82, 2.24) is 9.80 Å². The molecule has 0 aliphatic carbocycles. The molecule has 0 radical (unpaired) electrons. The summed E-state index contributed by atoms with van der Waals surface area (Å²) in [6.07, 6.45) is -4.32. The molecule has 0 aromatic heterocycles. The van der Waals surface area contributed by atoms with Gasteiger partial charge in [-0.25, -0.2) is 0 Å². The lowest BCUT2D eigenvalue weighted by Crippen LogP contribution is -2.52. The Morgan fingerprint density at radius 1 is 1.20 bits per heavy atom. The van der Waals surface area contributed by atoms with Gasteiger partial charge in [-0.3, -0.25) is 4.90 Å². The second-order valence-electron chi connectivity index (χ2n) is 5.32. The van der Waals surface area contributed by atoms with E-state index in [1.807, 2.05) is 14.1 Å². The first kappa shape index (κ1) is 15.1. The summed E-state index contributed by atoms with van der Waals surface area (Å²) in [4.78, 5) is 4.38. The average molecular weight is 287 g/mol. The van der Waals surface area contributed by atoms with Crippen LogP contribution in [0.1, 0.15) is 5.56 Å². The summed E-state index contributed by atoms with van der Waals surface area (Å²) in [7, 11) is 4.04. The van der Waals surface area contributed by atoms with Crippen molar-refractivity contribution in [1.29, 1.82) is 0 Å². The molecule has 1 heterocycles. The van der Waals surface area contributed by atoms with Gasteiger partial charge in [0.15, 0.2) is 0 Å². The third kappa shape index (κ3) is 3.64. The lowest BCUT2D eigenvalue weighted by Gasteiger charge is -2.38. The number of nitrogens with zero attached hydrogens (tertiary/aromatic N) is 2. The van der Waals surface area contributed by atoms with Crippen molar-refractivity contribution in [2.75, 3.05) is 45.6 Å². The van der Waals surface area contributed by atoms with Crippen molar-refractivity contribution in [3.8, 4) is 0 Å². The van der Waals surface area contributed by atoms with E-state index in [2.05, 4.69) is 15.1 Å². The summed E-state index contributed by atoms with van der Waals surface area (Å²) in [6, 6.07) is 5.84. The Bertz CT molecular complexity index is 448. The molecular formula is C14H20F3N3. The molecule has 112 valence electrons. The Hall–Kier alpha value is -1.27. The molecule has 1 aromatic rings. The summed E-state index contributed by atoms with van der Waals surface area (Å²) in [5, 5.41) is 2.95. The van der Waals surface area contributed by atoms with Gasteiger partial charge in [0.25, 0.3) is 0 Å². The van der Waals surface area contributed by atoms with Crippen LogP contribution in [0, 0.1) is 0 Å². The number of halogens is 3. The van der Waals surface area contributed by atoms with E-state index in [0.29, 0.717) is 6.54 Å². The molecule has 2 rings (SSSR count). The fourth-order valence-electron chi connectivity index (χ4n) is 2.43. The van der Waals surface area contributed by atoms with Crippen molar-refractivity contribution >= 4 is 5.69 Å². The van der Waals surface area contributed by atoms with Crippen molar-refractivity contribution in [2.24, 2.45) is 0 Å². The number of piperazine rings is 1. The molecule has 0 amide bonds. The maximum atomic E-state index is 12.9. The van der Waals surface area contributed by atoms with E-state index in [0.717, 1.165) is 25.7 Å². The molecule has 20 heavy (non-hydrogen) atoms. The number of rotatable bonds is 3. The van der Waals surface area contributed by atoms with E-state index in [1.165, 1.54) is 12.1 Å². The van der Waals surface area contributed by atoms with Crippen molar-refractivity contribution in [3.05, 3.63) is 29.8 Å².